The van der Waals surface area contributed by atoms with Crippen LogP contribution in [0.3, 0.4) is 0 Å². The molecule has 2 fully saturated rings. The van der Waals surface area contributed by atoms with Crippen molar-refractivity contribution < 1.29 is 76.5 Å². The molecule has 0 saturated carbocycles. The summed E-state index contributed by atoms with van der Waals surface area (Å²) in [4.78, 5) is 167. The van der Waals surface area contributed by atoms with Crippen LogP contribution in [0.5, 0.6) is 0 Å². The van der Waals surface area contributed by atoms with Gasteiger partial charge in [-0.1, -0.05) is 30.3 Å². The summed E-state index contributed by atoms with van der Waals surface area (Å²) in [5.74, 6) is -7.43. The molecule has 27 heteroatoms. The number of nitrogens with one attached hydrogen (secondary N) is 9. The number of methoxy groups -OCH3 is 1. The van der Waals surface area contributed by atoms with E-state index in [0.717, 1.165) is 12.7 Å². The monoisotopic (exact) mass is 1200 g/mol. The lowest BCUT2D eigenvalue weighted by Crippen LogP contribution is -2.72. The van der Waals surface area contributed by atoms with E-state index < -0.39 is 133 Å². The summed E-state index contributed by atoms with van der Waals surface area (Å²) in [6.45, 7) is 27.6. The maximum atomic E-state index is 14.8. The number of likely N-dealkylation sites (tertiary alicyclic amines) is 2. The zero-order chi connectivity index (χ0) is 65.3. The first kappa shape index (κ1) is 71.5. The summed E-state index contributed by atoms with van der Waals surface area (Å²) < 4.78 is 21.2. The van der Waals surface area contributed by atoms with E-state index in [-0.39, 0.29) is 58.5 Å². The number of benzene rings is 1. The van der Waals surface area contributed by atoms with Crippen LogP contribution in [0.2, 0.25) is 0 Å². The zero-order valence-electron chi connectivity index (χ0n) is 53.3. The van der Waals surface area contributed by atoms with Gasteiger partial charge in [-0.3, -0.25) is 38.4 Å². The normalized spacial score (nSPS) is 16.1. The number of esters is 1. The number of ether oxygens (including phenoxy) is 4. The molecule has 1 aromatic carbocycles. The Morgan fingerprint density at radius 3 is 1.21 bits per heavy atom. The van der Waals surface area contributed by atoms with Crippen molar-refractivity contribution >= 4 is 71.5 Å². The number of carbonyl (C=O) groups is 12. The van der Waals surface area contributed by atoms with Crippen LogP contribution in [0.4, 0.5) is 14.4 Å². The lowest BCUT2D eigenvalue weighted by Gasteiger charge is -2.44. The van der Waals surface area contributed by atoms with Gasteiger partial charge in [-0.05, 0) is 163 Å². The number of hydrogen-bond acceptors (Lipinski definition) is 16. The average Bonchev–Trinajstić information content (AvgIpc) is 1.84. The second-order valence-corrected chi connectivity index (χ2v) is 26.9. The van der Waals surface area contributed by atoms with Gasteiger partial charge in [0.1, 0.15) is 68.2 Å². The quantitative estimate of drug-likeness (QED) is 0.0669. The van der Waals surface area contributed by atoms with Crippen LogP contribution in [0.1, 0.15) is 163 Å². The van der Waals surface area contributed by atoms with Gasteiger partial charge in [0.2, 0.25) is 47.3 Å². The third-order valence-corrected chi connectivity index (χ3v) is 14.2. The average molecular weight is 1200 g/mol. The van der Waals surface area contributed by atoms with Gasteiger partial charge >= 0.3 is 24.2 Å². The Balaban J connectivity index is 1.86. The van der Waals surface area contributed by atoms with Crippen molar-refractivity contribution in [1.29, 1.82) is 0 Å². The molecule has 0 unspecified atom stereocenters. The molecular weight excluding hydrogens is 1110 g/mol. The SMILES string of the molecule is COC(=O)C(C)(C)NC(=O)C(C)(C)NC(=O)C1(NC(=O)C(C)(C)NC(=O)C(C)(C)NC(=O)C2(NC(=O)[C@H](C)NC(=O)C(C)(C)NC(=O)C(C)(C)NC(=O)OCc3ccccc3)CCN(C(=O)OC(C)(C)C)CC2)CCN(C(=O)OC(C)(C)C)CC1. The highest BCUT2D eigenvalue weighted by atomic mass is 16.6. The molecule has 1 aromatic rings. The molecule has 27 nitrogen and oxygen atoms in total. The van der Waals surface area contributed by atoms with Crippen LogP contribution in [-0.2, 0) is 68.7 Å². The van der Waals surface area contributed by atoms with E-state index in [1.54, 1.807) is 71.9 Å². The summed E-state index contributed by atoms with van der Waals surface area (Å²) >= 11 is 0. The van der Waals surface area contributed by atoms with Gasteiger partial charge in [-0.25, -0.2) is 19.2 Å². The van der Waals surface area contributed by atoms with E-state index >= 15 is 0 Å². The molecular formula is C58H93N11O16. The van der Waals surface area contributed by atoms with Crippen molar-refractivity contribution in [3.05, 3.63) is 35.9 Å². The van der Waals surface area contributed by atoms with Crippen molar-refractivity contribution in [2.45, 2.75) is 225 Å². The van der Waals surface area contributed by atoms with Crippen molar-refractivity contribution in [2.24, 2.45) is 0 Å². The highest BCUT2D eigenvalue weighted by Gasteiger charge is 2.52. The second-order valence-electron chi connectivity index (χ2n) is 26.9. The maximum absolute atomic E-state index is 14.8. The summed E-state index contributed by atoms with van der Waals surface area (Å²) in [6.07, 6.45) is -2.99. The first-order chi connectivity index (χ1) is 38.5. The molecule has 85 heavy (non-hydrogen) atoms. The lowest BCUT2D eigenvalue weighted by molar-refractivity contribution is -0.150. The first-order valence-electron chi connectivity index (χ1n) is 28.2. The Kier molecular flexibility index (Phi) is 22.4. The third kappa shape index (κ3) is 19.9. The van der Waals surface area contributed by atoms with Gasteiger partial charge in [-0.15, -0.1) is 0 Å². The van der Waals surface area contributed by atoms with E-state index in [1.807, 2.05) is 0 Å². The minimum absolute atomic E-state index is 0.0601. The predicted octanol–water partition coefficient (Wildman–Crippen LogP) is 2.61. The number of hydrogen-bond donors (Lipinski definition) is 9. The molecule has 2 aliphatic rings. The number of nitrogens with zero attached hydrogens (tertiary/aromatic N) is 2. The van der Waals surface area contributed by atoms with Gasteiger partial charge in [0, 0.05) is 26.2 Å². The lowest BCUT2D eigenvalue weighted by atomic mass is 9.84. The highest BCUT2D eigenvalue weighted by molar-refractivity contribution is 6.03. The molecule has 11 amide bonds. The Hall–Kier alpha value is -7.74. The number of amides is 11. The van der Waals surface area contributed by atoms with Gasteiger partial charge in [0.05, 0.1) is 7.11 Å². The van der Waals surface area contributed by atoms with E-state index in [0.29, 0.717) is 0 Å². The number of piperidine rings is 2. The van der Waals surface area contributed by atoms with Crippen LogP contribution in [0, 0.1) is 0 Å². The molecule has 1 atom stereocenters. The standard InChI is InChI=1S/C58H93N11O16/c1-35(59-38(71)51(8,9)61-41(74)55(16,17)67-46(79)83-34-36-24-22-21-23-25-36)37(70)60-57(26-30-68(31-27-57)47(80)84-49(2,3)4)43(76)64-52(10,11)39(72)62-54(14,15)42(75)66-58(28-32-69(33-29-58)48(81)85-50(5,6)7)44(77)65-53(12,13)40(73)63-56(18,19)45(78)82-20/h21-25,35H,26-34H2,1-20H3,(H,59,71)(H,60,70)(H,61,74)(H,62,72)(H,63,73)(H,64,76)(H,65,77)(H,66,75)(H,67,79)/t35-/m0/s1. The zero-order valence-corrected chi connectivity index (χ0v) is 53.3. The van der Waals surface area contributed by atoms with E-state index in [1.165, 1.54) is 99.8 Å². The highest BCUT2D eigenvalue weighted by Crippen LogP contribution is 2.29. The van der Waals surface area contributed by atoms with Gasteiger partial charge < -0.3 is 76.6 Å². The molecule has 2 saturated heterocycles. The van der Waals surface area contributed by atoms with Crippen LogP contribution in [-0.4, -0.2) is 176 Å². The topological polar surface area (TPSA) is 357 Å². The van der Waals surface area contributed by atoms with Crippen LogP contribution < -0.4 is 47.9 Å². The second kappa shape index (κ2) is 26.7. The minimum atomic E-state index is -1.86. The molecule has 0 aromatic heterocycles. The molecule has 2 heterocycles. The summed E-state index contributed by atoms with van der Waals surface area (Å²) in [7, 11) is 1.15. The van der Waals surface area contributed by atoms with E-state index in [2.05, 4.69) is 47.9 Å². The maximum Gasteiger partial charge on any atom is 0.410 e. The third-order valence-electron chi connectivity index (χ3n) is 14.2. The van der Waals surface area contributed by atoms with Crippen molar-refractivity contribution in [1.82, 2.24) is 57.7 Å². The largest absolute Gasteiger partial charge is 0.467 e. The Bertz CT molecular complexity index is 2690. The molecule has 0 spiro atoms. The minimum Gasteiger partial charge on any atom is -0.467 e. The fourth-order valence-electron chi connectivity index (χ4n) is 8.50. The van der Waals surface area contributed by atoms with E-state index in [4.69, 9.17) is 18.9 Å². The number of alkyl carbamates (subject to hydrolysis) is 1. The summed E-state index contributed by atoms with van der Waals surface area (Å²) in [6, 6.07) is 7.51. The first-order valence-corrected chi connectivity index (χ1v) is 28.2. The molecule has 0 aliphatic carbocycles. The summed E-state index contributed by atoms with van der Waals surface area (Å²) in [5.41, 5.74) is -14.8. The van der Waals surface area contributed by atoms with Crippen LogP contribution in [0.25, 0.3) is 0 Å². The van der Waals surface area contributed by atoms with Crippen molar-refractivity contribution in [3.8, 4) is 0 Å². The fraction of sp³-hybridized carbons (Fsp3) is 0.690. The predicted molar refractivity (Wildman–Crippen MR) is 310 cm³/mol. The fourth-order valence-corrected chi connectivity index (χ4v) is 8.50. The molecule has 0 bridgehead atoms. The van der Waals surface area contributed by atoms with Crippen molar-refractivity contribution in [3.63, 3.8) is 0 Å². The van der Waals surface area contributed by atoms with Gasteiger partial charge in [-0.2, -0.15) is 0 Å². The van der Waals surface area contributed by atoms with Crippen LogP contribution in [0.15, 0.2) is 30.3 Å². The van der Waals surface area contributed by atoms with Crippen LogP contribution >= 0.6 is 0 Å². The Morgan fingerprint density at radius 2 is 0.824 bits per heavy atom. The smallest absolute Gasteiger partial charge is 0.410 e. The molecule has 9 N–H and O–H groups in total. The molecule has 476 valence electrons. The molecule has 2 aliphatic heterocycles. The van der Waals surface area contributed by atoms with Crippen molar-refractivity contribution in [2.75, 3.05) is 33.3 Å². The van der Waals surface area contributed by atoms with Gasteiger partial charge in [0.25, 0.3) is 0 Å². The molecule has 0 radical (unpaired) electrons. The van der Waals surface area contributed by atoms with Gasteiger partial charge in [0.15, 0.2) is 0 Å². The van der Waals surface area contributed by atoms with E-state index in [9.17, 15) is 57.5 Å². The Labute approximate surface area is 498 Å². The molecule has 3 rings (SSSR count). The number of rotatable bonds is 20. The Morgan fingerprint density at radius 1 is 0.471 bits per heavy atom. The summed E-state index contributed by atoms with van der Waals surface area (Å²) in [5, 5.41) is 23.8. The number of carbonyl (C=O) groups excluding carboxylic acids is 12.